The number of aromatic nitrogens is 3. The fourth-order valence-corrected chi connectivity index (χ4v) is 5.07. The summed E-state index contributed by atoms with van der Waals surface area (Å²) >= 11 is 7.62. The normalized spacial score (nSPS) is 11.7. The van der Waals surface area contributed by atoms with Crippen LogP contribution in [0.4, 0.5) is 5.82 Å². The lowest BCUT2D eigenvalue weighted by Crippen LogP contribution is -2.16. The first-order valence-electron chi connectivity index (χ1n) is 9.05. The first-order chi connectivity index (χ1) is 14.3. The van der Waals surface area contributed by atoms with E-state index in [9.17, 15) is 13.2 Å². The summed E-state index contributed by atoms with van der Waals surface area (Å²) in [4.78, 5) is 17.5. The fourth-order valence-electron chi connectivity index (χ4n) is 2.91. The number of amides is 1. The van der Waals surface area contributed by atoms with Gasteiger partial charge in [-0.3, -0.25) is 4.79 Å². The molecular weight excluding hydrogens is 444 g/mol. The number of rotatable bonds is 5. The molecule has 154 valence electrons. The first kappa shape index (κ1) is 20.5. The Morgan fingerprint density at radius 1 is 1.20 bits per heavy atom. The second kappa shape index (κ2) is 7.82. The molecule has 0 aliphatic carbocycles. The van der Waals surface area contributed by atoms with E-state index in [2.05, 4.69) is 15.4 Å². The van der Waals surface area contributed by atoms with Crippen LogP contribution in [0, 0.1) is 6.92 Å². The molecule has 0 radical (unpaired) electrons. The molecule has 2 aromatic carbocycles. The molecule has 2 aromatic heterocycles. The van der Waals surface area contributed by atoms with Crippen molar-refractivity contribution in [3.63, 3.8) is 0 Å². The average Bonchev–Trinajstić information content (AvgIpc) is 3.32. The van der Waals surface area contributed by atoms with Gasteiger partial charge in [-0.25, -0.2) is 13.4 Å². The Morgan fingerprint density at radius 3 is 2.70 bits per heavy atom. The van der Waals surface area contributed by atoms with Crippen molar-refractivity contribution in [1.82, 2.24) is 14.8 Å². The van der Waals surface area contributed by atoms with E-state index in [1.807, 2.05) is 12.1 Å². The van der Waals surface area contributed by atoms with Crippen LogP contribution < -0.4 is 5.32 Å². The lowest BCUT2D eigenvalue weighted by Gasteiger charge is -2.08. The first-order valence-corrected chi connectivity index (χ1v) is 11.9. The molecule has 0 fully saturated rings. The van der Waals surface area contributed by atoms with Gasteiger partial charge in [-0.2, -0.15) is 9.78 Å². The van der Waals surface area contributed by atoms with Gasteiger partial charge in [-0.05, 0) is 37.3 Å². The highest BCUT2D eigenvalue weighted by Gasteiger charge is 2.18. The van der Waals surface area contributed by atoms with Crippen LogP contribution in [0.25, 0.3) is 15.3 Å². The largest absolute Gasteiger partial charge is 0.306 e. The third-order valence-corrected chi connectivity index (χ3v) is 7.48. The van der Waals surface area contributed by atoms with Crippen LogP contribution in [0.5, 0.6) is 0 Å². The van der Waals surface area contributed by atoms with E-state index in [-0.39, 0.29) is 16.2 Å². The van der Waals surface area contributed by atoms with Crippen LogP contribution in [0.3, 0.4) is 0 Å². The summed E-state index contributed by atoms with van der Waals surface area (Å²) < 4.78 is 26.7. The molecule has 30 heavy (non-hydrogen) atoms. The maximum atomic E-state index is 12.8. The van der Waals surface area contributed by atoms with Crippen molar-refractivity contribution in [2.45, 2.75) is 18.7 Å². The van der Waals surface area contributed by atoms with Crippen molar-refractivity contribution in [2.24, 2.45) is 0 Å². The second-order valence-corrected chi connectivity index (χ2v) is 10.2. The molecule has 0 aliphatic heterocycles. The number of aryl methyl sites for hydroxylation is 1. The molecule has 0 spiro atoms. The standard InChI is InChI=1S/C20H17ClN4O3S2/c1-3-30(27,28)14-7-4-6-13(11-14)19(26)22-17-10-12(2)24-25(17)20-23-18-15(21)8-5-9-16(18)29-20/h4-11H,3H2,1-2H3,(H,22,26). The molecule has 0 atom stereocenters. The number of carbonyl (C=O) groups is 1. The molecule has 2 heterocycles. The number of carbonyl (C=O) groups excluding carboxylic acids is 1. The topological polar surface area (TPSA) is 94.0 Å². The van der Waals surface area contributed by atoms with Gasteiger partial charge in [-0.1, -0.05) is 42.0 Å². The Bertz CT molecular complexity index is 1380. The summed E-state index contributed by atoms with van der Waals surface area (Å²) in [5.74, 6) is -0.0515. The molecule has 0 saturated heterocycles. The molecule has 4 aromatic rings. The zero-order valence-corrected chi connectivity index (χ0v) is 18.5. The number of hydrogen-bond acceptors (Lipinski definition) is 6. The highest BCUT2D eigenvalue weighted by molar-refractivity contribution is 7.91. The quantitative estimate of drug-likeness (QED) is 0.473. The molecule has 1 N–H and O–H groups in total. The maximum absolute atomic E-state index is 12.8. The van der Waals surface area contributed by atoms with Crippen molar-refractivity contribution in [2.75, 3.05) is 11.1 Å². The summed E-state index contributed by atoms with van der Waals surface area (Å²) in [5.41, 5.74) is 1.60. The Labute approximate surface area is 182 Å². The Balaban J connectivity index is 1.69. The fraction of sp³-hybridized carbons (Fsp3) is 0.150. The Morgan fingerprint density at radius 2 is 1.97 bits per heavy atom. The number of nitrogens with zero attached hydrogens (tertiary/aromatic N) is 3. The highest BCUT2D eigenvalue weighted by atomic mass is 35.5. The minimum absolute atomic E-state index is 0.0375. The van der Waals surface area contributed by atoms with E-state index in [0.717, 1.165) is 4.70 Å². The highest BCUT2D eigenvalue weighted by Crippen LogP contribution is 2.31. The van der Waals surface area contributed by atoms with Gasteiger partial charge in [0, 0.05) is 11.6 Å². The minimum atomic E-state index is -3.41. The molecule has 4 rings (SSSR count). The third-order valence-electron chi connectivity index (χ3n) is 4.45. The van der Waals surface area contributed by atoms with Gasteiger partial charge < -0.3 is 5.32 Å². The monoisotopic (exact) mass is 460 g/mol. The number of anilines is 1. The lowest BCUT2D eigenvalue weighted by molar-refractivity contribution is 0.102. The molecule has 0 saturated carbocycles. The predicted octanol–water partition coefficient (Wildman–Crippen LogP) is 4.49. The van der Waals surface area contributed by atoms with E-state index in [0.29, 0.717) is 27.2 Å². The number of sulfone groups is 1. The molecule has 0 aliphatic rings. The van der Waals surface area contributed by atoms with Crippen molar-refractivity contribution in [3.8, 4) is 5.13 Å². The van der Waals surface area contributed by atoms with Gasteiger partial charge >= 0.3 is 0 Å². The van der Waals surface area contributed by atoms with Crippen molar-refractivity contribution in [1.29, 1.82) is 0 Å². The van der Waals surface area contributed by atoms with Crippen LogP contribution in [0.2, 0.25) is 5.02 Å². The van der Waals surface area contributed by atoms with Crippen molar-refractivity contribution < 1.29 is 13.2 Å². The Hall–Kier alpha value is -2.75. The third kappa shape index (κ3) is 3.83. The number of benzene rings is 2. The van der Waals surface area contributed by atoms with Crippen molar-refractivity contribution >= 4 is 54.7 Å². The van der Waals surface area contributed by atoms with Gasteiger partial charge in [0.2, 0.25) is 5.13 Å². The van der Waals surface area contributed by atoms with Gasteiger partial charge in [0.1, 0.15) is 11.3 Å². The van der Waals surface area contributed by atoms with Crippen LogP contribution in [0.1, 0.15) is 23.0 Å². The van der Waals surface area contributed by atoms with Crippen LogP contribution in [-0.4, -0.2) is 34.8 Å². The Kier molecular flexibility index (Phi) is 5.35. The minimum Gasteiger partial charge on any atom is -0.306 e. The summed E-state index contributed by atoms with van der Waals surface area (Å²) in [6, 6.07) is 13.2. The van der Waals surface area contributed by atoms with E-state index in [1.165, 1.54) is 23.5 Å². The van der Waals surface area contributed by atoms with Crippen LogP contribution in [-0.2, 0) is 9.84 Å². The number of para-hydroxylation sites is 1. The smallest absolute Gasteiger partial charge is 0.256 e. The molecular formula is C20H17ClN4O3S2. The molecule has 0 unspecified atom stereocenters. The average molecular weight is 461 g/mol. The number of hydrogen-bond donors (Lipinski definition) is 1. The number of halogens is 1. The van der Waals surface area contributed by atoms with Gasteiger partial charge in [0.15, 0.2) is 9.84 Å². The van der Waals surface area contributed by atoms with E-state index in [4.69, 9.17) is 11.6 Å². The van der Waals surface area contributed by atoms with Gasteiger partial charge in [-0.15, -0.1) is 0 Å². The molecule has 7 nitrogen and oxygen atoms in total. The second-order valence-electron chi connectivity index (χ2n) is 6.55. The molecule has 10 heteroatoms. The lowest BCUT2D eigenvalue weighted by atomic mass is 10.2. The zero-order chi connectivity index (χ0) is 21.5. The van der Waals surface area contributed by atoms with Gasteiger partial charge in [0.05, 0.1) is 26.1 Å². The van der Waals surface area contributed by atoms with Gasteiger partial charge in [0.25, 0.3) is 5.91 Å². The molecule has 1 amide bonds. The van der Waals surface area contributed by atoms with Crippen LogP contribution in [0.15, 0.2) is 53.4 Å². The zero-order valence-electron chi connectivity index (χ0n) is 16.1. The van der Waals surface area contributed by atoms with Crippen LogP contribution >= 0.6 is 22.9 Å². The summed E-state index contributed by atoms with van der Waals surface area (Å²) in [6.07, 6.45) is 0. The summed E-state index contributed by atoms with van der Waals surface area (Å²) in [6.45, 7) is 3.37. The van der Waals surface area contributed by atoms with E-state index < -0.39 is 15.7 Å². The SMILES string of the molecule is CCS(=O)(=O)c1cccc(C(=O)Nc2cc(C)nn2-c2nc3c(Cl)cccc3s2)c1. The molecule has 0 bridgehead atoms. The summed E-state index contributed by atoms with van der Waals surface area (Å²) in [7, 11) is -3.41. The van der Waals surface area contributed by atoms with E-state index >= 15 is 0 Å². The predicted molar refractivity (Wildman–Crippen MR) is 119 cm³/mol. The maximum Gasteiger partial charge on any atom is 0.256 e. The van der Waals surface area contributed by atoms with Crippen molar-refractivity contribution in [3.05, 3.63) is 64.8 Å². The number of fused-ring (bicyclic) bond motifs is 1. The number of nitrogens with one attached hydrogen (secondary N) is 1. The number of thiazole rings is 1. The summed E-state index contributed by atoms with van der Waals surface area (Å²) in [5, 5.41) is 8.33. The van der Waals surface area contributed by atoms with E-state index in [1.54, 1.807) is 42.8 Å².